The number of nitrogens with zero attached hydrogens (tertiary/aromatic N) is 2. The lowest BCUT2D eigenvalue weighted by Gasteiger charge is -2.30. The number of ether oxygens (including phenoxy) is 4. The summed E-state index contributed by atoms with van der Waals surface area (Å²) in [4.78, 5) is 12.1. The van der Waals surface area contributed by atoms with E-state index in [9.17, 15) is 10.1 Å². The first-order valence-electron chi connectivity index (χ1n) is 12.6. The smallest absolute Gasteiger partial charge is 0.411 e. The Morgan fingerprint density at radius 2 is 1.94 bits per heavy atom. The third-order valence-electron chi connectivity index (χ3n) is 7.21. The molecule has 186 valence electrons. The number of benzene rings is 2. The number of nitrogens with one attached hydrogen (secondary N) is 1. The van der Waals surface area contributed by atoms with E-state index in [0.29, 0.717) is 49.8 Å². The monoisotopic (exact) mass is 487 g/mol. The maximum absolute atomic E-state index is 12.1. The number of fused-ring (bicyclic) bond motifs is 1. The average molecular weight is 488 g/mol. The molecule has 0 spiro atoms. The molecule has 8 nitrogen and oxygen atoms in total. The Hall–Kier alpha value is -3.54. The van der Waals surface area contributed by atoms with Crippen LogP contribution in [0.5, 0.6) is 5.75 Å². The van der Waals surface area contributed by atoms with Crippen molar-refractivity contribution in [1.29, 1.82) is 5.26 Å². The standard InChI is InChI=1S/C28H29N3O5/c29-13-25-24-11-10-22(34-16-23-15-33-17-36-23)12-26(24)31(21-2-1-3-21)27(25)19-6-8-20(9-7-19)30-28(32)35-14-18-4-5-18/h6-12,18,21,23H,1-5,14-17H2,(H,30,32). The molecule has 8 heteroatoms. The molecule has 2 saturated carbocycles. The molecule has 1 amide bonds. The third kappa shape index (κ3) is 4.64. The van der Waals surface area contributed by atoms with Gasteiger partial charge in [-0.05, 0) is 67.9 Å². The number of hydrogen-bond donors (Lipinski definition) is 1. The Labute approximate surface area is 209 Å². The zero-order valence-corrected chi connectivity index (χ0v) is 20.1. The van der Waals surface area contributed by atoms with Crippen LogP contribution >= 0.6 is 0 Å². The van der Waals surface area contributed by atoms with Crippen LogP contribution in [0.15, 0.2) is 42.5 Å². The molecule has 3 fully saturated rings. The van der Waals surface area contributed by atoms with Crippen molar-refractivity contribution in [1.82, 2.24) is 4.57 Å². The molecule has 2 heterocycles. The van der Waals surface area contributed by atoms with Crippen molar-refractivity contribution >= 4 is 22.7 Å². The molecular weight excluding hydrogens is 458 g/mol. The van der Waals surface area contributed by atoms with E-state index in [1.807, 2.05) is 42.5 Å². The molecule has 3 aromatic rings. The van der Waals surface area contributed by atoms with Gasteiger partial charge in [-0.15, -0.1) is 0 Å². The van der Waals surface area contributed by atoms with Crippen LogP contribution in [0.3, 0.4) is 0 Å². The van der Waals surface area contributed by atoms with Crippen LogP contribution in [0, 0.1) is 17.2 Å². The van der Waals surface area contributed by atoms with Gasteiger partial charge in [-0.3, -0.25) is 5.32 Å². The van der Waals surface area contributed by atoms with Gasteiger partial charge in [-0.25, -0.2) is 4.79 Å². The van der Waals surface area contributed by atoms with Gasteiger partial charge in [-0.2, -0.15) is 5.26 Å². The Bertz CT molecular complexity index is 1300. The fraction of sp³-hybridized carbons (Fsp3) is 0.429. The summed E-state index contributed by atoms with van der Waals surface area (Å²) in [6.45, 7) is 1.74. The zero-order valence-electron chi connectivity index (χ0n) is 20.1. The highest BCUT2D eigenvalue weighted by Crippen LogP contribution is 2.43. The lowest BCUT2D eigenvalue weighted by Crippen LogP contribution is -2.20. The van der Waals surface area contributed by atoms with E-state index in [2.05, 4.69) is 16.0 Å². The second kappa shape index (κ2) is 9.84. The molecule has 1 N–H and O–H groups in total. The number of rotatable bonds is 8. The number of aromatic nitrogens is 1. The Morgan fingerprint density at radius 3 is 2.61 bits per heavy atom. The van der Waals surface area contributed by atoms with Crippen LogP contribution in [0.25, 0.3) is 22.2 Å². The summed E-state index contributed by atoms with van der Waals surface area (Å²) in [6, 6.07) is 16.3. The molecule has 36 heavy (non-hydrogen) atoms. The van der Waals surface area contributed by atoms with Crippen LogP contribution in [0.1, 0.15) is 43.7 Å². The Kier molecular flexibility index (Phi) is 6.26. The second-order valence-electron chi connectivity index (χ2n) is 9.80. The van der Waals surface area contributed by atoms with Crippen molar-refractivity contribution in [3.8, 4) is 23.1 Å². The van der Waals surface area contributed by atoms with Crippen molar-refractivity contribution < 1.29 is 23.7 Å². The number of carbonyl (C=O) groups is 1. The lowest BCUT2D eigenvalue weighted by atomic mass is 9.92. The molecule has 1 aliphatic heterocycles. The number of nitriles is 1. The predicted molar refractivity (Wildman–Crippen MR) is 134 cm³/mol. The number of amides is 1. The molecule has 0 radical (unpaired) electrons. The summed E-state index contributed by atoms with van der Waals surface area (Å²) in [5.41, 5.74) is 4.16. The molecule has 1 atom stereocenters. The SMILES string of the molecule is N#Cc1c(-c2ccc(NC(=O)OCC3CC3)cc2)n(C2CCC2)c2cc(OCC3COCO3)ccc12. The largest absolute Gasteiger partial charge is 0.491 e. The highest BCUT2D eigenvalue weighted by Gasteiger charge is 2.28. The van der Waals surface area contributed by atoms with Crippen LogP contribution in [0.2, 0.25) is 0 Å². The third-order valence-corrected chi connectivity index (χ3v) is 7.21. The van der Waals surface area contributed by atoms with E-state index in [0.717, 1.165) is 53.6 Å². The summed E-state index contributed by atoms with van der Waals surface area (Å²) in [5, 5.41) is 13.9. The Balaban J connectivity index is 1.29. The van der Waals surface area contributed by atoms with Crippen molar-refractivity contribution in [2.45, 2.75) is 44.2 Å². The van der Waals surface area contributed by atoms with Gasteiger partial charge in [0.15, 0.2) is 0 Å². The Morgan fingerprint density at radius 1 is 1.11 bits per heavy atom. The van der Waals surface area contributed by atoms with Gasteiger partial charge in [0.25, 0.3) is 0 Å². The van der Waals surface area contributed by atoms with Crippen molar-refractivity contribution in [3.63, 3.8) is 0 Å². The first-order valence-corrected chi connectivity index (χ1v) is 12.6. The summed E-state index contributed by atoms with van der Waals surface area (Å²) in [6.07, 6.45) is 5.09. The van der Waals surface area contributed by atoms with Crippen LogP contribution < -0.4 is 10.1 Å². The first kappa shape index (κ1) is 22.9. The maximum Gasteiger partial charge on any atom is 0.411 e. The highest BCUT2D eigenvalue weighted by atomic mass is 16.7. The van der Waals surface area contributed by atoms with E-state index in [4.69, 9.17) is 18.9 Å². The molecular formula is C28H29N3O5. The first-order chi connectivity index (χ1) is 17.7. The molecule has 1 unspecified atom stereocenters. The minimum absolute atomic E-state index is 0.0672. The van der Waals surface area contributed by atoms with Gasteiger partial charge in [-0.1, -0.05) is 12.1 Å². The summed E-state index contributed by atoms with van der Waals surface area (Å²) < 4.78 is 24.3. The molecule has 0 bridgehead atoms. The molecule has 1 saturated heterocycles. The van der Waals surface area contributed by atoms with Crippen molar-refractivity contribution in [2.75, 3.05) is 31.9 Å². The van der Waals surface area contributed by atoms with Crippen LogP contribution in [0.4, 0.5) is 10.5 Å². The summed E-state index contributed by atoms with van der Waals surface area (Å²) in [5.74, 6) is 1.27. The average Bonchev–Trinajstić information content (AvgIpc) is 3.45. The van der Waals surface area contributed by atoms with Crippen LogP contribution in [-0.4, -0.2) is 43.4 Å². The topological polar surface area (TPSA) is 94.7 Å². The van der Waals surface area contributed by atoms with E-state index >= 15 is 0 Å². The normalized spacial score (nSPS) is 19.6. The van der Waals surface area contributed by atoms with Crippen molar-refractivity contribution in [2.24, 2.45) is 5.92 Å². The van der Waals surface area contributed by atoms with E-state index in [-0.39, 0.29) is 6.10 Å². The molecule has 1 aromatic heterocycles. The van der Waals surface area contributed by atoms with Gasteiger partial charge < -0.3 is 23.5 Å². The minimum Gasteiger partial charge on any atom is -0.491 e. The van der Waals surface area contributed by atoms with Crippen LogP contribution in [-0.2, 0) is 14.2 Å². The number of carbonyl (C=O) groups excluding carboxylic acids is 1. The predicted octanol–water partition coefficient (Wildman–Crippen LogP) is 5.62. The van der Waals surface area contributed by atoms with Gasteiger partial charge in [0.05, 0.1) is 30.0 Å². The highest BCUT2D eigenvalue weighted by molar-refractivity contribution is 5.96. The molecule has 6 rings (SSSR count). The number of hydrogen-bond acceptors (Lipinski definition) is 6. The number of anilines is 1. The quantitative estimate of drug-likeness (QED) is 0.443. The summed E-state index contributed by atoms with van der Waals surface area (Å²) in [7, 11) is 0. The van der Waals surface area contributed by atoms with Gasteiger partial charge in [0.2, 0.25) is 0 Å². The summed E-state index contributed by atoms with van der Waals surface area (Å²) >= 11 is 0. The molecule has 2 aliphatic carbocycles. The maximum atomic E-state index is 12.1. The van der Waals surface area contributed by atoms with E-state index in [1.54, 1.807) is 0 Å². The lowest BCUT2D eigenvalue weighted by molar-refractivity contribution is 0.0320. The second-order valence-corrected chi connectivity index (χ2v) is 9.80. The zero-order chi connectivity index (χ0) is 24.5. The van der Waals surface area contributed by atoms with Gasteiger partial charge >= 0.3 is 6.09 Å². The van der Waals surface area contributed by atoms with Gasteiger partial charge in [0, 0.05) is 23.2 Å². The van der Waals surface area contributed by atoms with E-state index < -0.39 is 6.09 Å². The molecule has 2 aromatic carbocycles. The van der Waals surface area contributed by atoms with E-state index in [1.165, 1.54) is 6.42 Å². The van der Waals surface area contributed by atoms with Crippen molar-refractivity contribution in [3.05, 3.63) is 48.0 Å². The fourth-order valence-corrected chi connectivity index (χ4v) is 4.80. The fourth-order valence-electron chi connectivity index (χ4n) is 4.80. The van der Waals surface area contributed by atoms with Gasteiger partial charge in [0.1, 0.15) is 31.3 Å². The minimum atomic E-state index is -0.432. The molecule has 3 aliphatic rings.